The van der Waals surface area contributed by atoms with Gasteiger partial charge < -0.3 is 0 Å². The molecule has 0 aliphatic carbocycles. The molecule has 2 aliphatic rings. The van der Waals surface area contributed by atoms with Gasteiger partial charge in [-0.05, 0) is 35.5 Å². The summed E-state index contributed by atoms with van der Waals surface area (Å²) in [5.41, 5.74) is 2.12. The molecule has 0 aromatic heterocycles. The number of benzene rings is 1. The second kappa shape index (κ2) is 4.94. The van der Waals surface area contributed by atoms with Crippen molar-refractivity contribution in [1.82, 2.24) is 5.01 Å². The van der Waals surface area contributed by atoms with E-state index in [1.54, 1.807) is 0 Å². The number of non-ortho nitro benzene ring substituents is 1. The Morgan fingerprint density at radius 1 is 1.33 bits per heavy atom. The first-order valence-electron chi connectivity index (χ1n) is 5.73. The fraction of sp³-hybridized carbons (Fsp3) is 0. The zero-order chi connectivity index (χ0) is 15.0. The molecule has 1 amide bonds. The van der Waals surface area contributed by atoms with Crippen LogP contribution in [0.15, 0.2) is 39.9 Å². The summed E-state index contributed by atoms with van der Waals surface area (Å²) in [4.78, 5) is 25.9. The molecule has 3 rings (SSSR count). The minimum absolute atomic E-state index is 0.0388. The average Bonchev–Trinajstić information content (AvgIpc) is 2.92. The van der Waals surface area contributed by atoms with Crippen molar-refractivity contribution in [2.24, 2.45) is 10.1 Å². The third kappa shape index (κ3) is 2.34. The average molecular weight is 301 g/mol. The van der Waals surface area contributed by atoms with Crippen LogP contribution in [0.1, 0.15) is 5.56 Å². The molecule has 0 bridgehead atoms. The summed E-state index contributed by atoms with van der Waals surface area (Å²) in [6.45, 7) is 0. The fourth-order valence-electron chi connectivity index (χ4n) is 1.80. The molecule has 1 aromatic rings. The Morgan fingerprint density at radius 2 is 2.05 bits per heavy atom. The molecule has 2 heterocycles. The fourth-order valence-corrected chi connectivity index (χ4v) is 2.41. The number of aliphatic imine (C=N–C) groups is 1. The van der Waals surface area contributed by atoms with Gasteiger partial charge in [0.25, 0.3) is 11.6 Å². The summed E-state index contributed by atoms with van der Waals surface area (Å²) < 4.78 is 0. The number of nitro groups is 1. The molecule has 0 saturated carbocycles. The first-order chi connectivity index (χ1) is 10.1. The van der Waals surface area contributed by atoms with Crippen LogP contribution in [0.3, 0.4) is 0 Å². The van der Waals surface area contributed by atoms with Gasteiger partial charge >= 0.3 is 0 Å². The summed E-state index contributed by atoms with van der Waals surface area (Å²) >= 11 is 1.17. The number of hydrazone groups is 1. The van der Waals surface area contributed by atoms with E-state index < -0.39 is 10.8 Å². The SMILES string of the molecule is N=C1/C(=C\c2ccc([N+](=O)[O-])cc2)C(=O)N=C2SC=NN12. The second-order valence-corrected chi connectivity index (χ2v) is 4.92. The van der Waals surface area contributed by atoms with Crippen LogP contribution in [-0.4, -0.2) is 32.4 Å². The predicted octanol–water partition coefficient (Wildman–Crippen LogP) is 1.84. The monoisotopic (exact) mass is 301 g/mol. The van der Waals surface area contributed by atoms with Gasteiger partial charge in [0.15, 0.2) is 11.0 Å². The number of fused-ring (bicyclic) bond motifs is 1. The van der Waals surface area contributed by atoms with E-state index in [0.29, 0.717) is 10.7 Å². The molecular formula is C12H7N5O3S. The van der Waals surface area contributed by atoms with Gasteiger partial charge in [-0.1, -0.05) is 0 Å². The molecule has 0 unspecified atom stereocenters. The molecule has 8 nitrogen and oxygen atoms in total. The molecule has 0 radical (unpaired) electrons. The summed E-state index contributed by atoms with van der Waals surface area (Å²) in [6.07, 6.45) is 1.47. The standard InChI is InChI=1S/C12H7N5O3S/c13-10-9(11(18)15-12-16(10)14-6-21-12)5-7-1-3-8(4-2-7)17(19)20/h1-6,13H/b9-5+,13-10?. The van der Waals surface area contributed by atoms with Crippen LogP contribution in [-0.2, 0) is 4.79 Å². The van der Waals surface area contributed by atoms with Gasteiger partial charge in [-0.2, -0.15) is 15.1 Å². The second-order valence-electron chi connectivity index (χ2n) is 4.11. The molecule has 0 atom stereocenters. The van der Waals surface area contributed by atoms with Crippen LogP contribution in [0, 0.1) is 15.5 Å². The van der Waals surface area contributed by atoms with Gasteiger partial charge in [0.2, 0.25) is 0 Å². The first-order valence-corrected chi connectivity index (χ1v) is 6.61. The third-order valence-corrected chi connectivity index (χ3v) is 3.49. The number of amides is 1. The third-order valence-electron chi connectivity index (χ3n) is 2.81. The van der Waals surface area contributed by atoms with Gasteiger partial charge in [0.1, 0.15) is 0 Å². The Morgan fingerprint density at radius 3 is 2.71 bits per heavy atom. The summed E-state index contributed by atoms with van der Waals surface area (Å²) in [5, 5.41) is 24.1. The number of thioether (sulfide) groups is 1. The number of nitro benzene ring substituents is 1. The van der Waals surface area contributed by atoms with E-state index in [9.17, 15) is 14.9 Å². The largest absolute Gasteiger partial charge is 0.283 e. The van der Waals surface area contributed by atoms with Crippen molar-refractivity contribution in [3.8, 4) is 0 Å². The van der Waals surface area contributed by atoms with Crippen LogP contribution >= 0.6 is 11.8 Å². The van der Waals surface area contributed by atoms with Gasteiger partial charge in [-0.3, -0.25) is 20.3 Å². The quantitative estimate of drug-likeness (QED) is 0.509. The van der Waals surface area contributed by atoms with Crippen molar-refractivity contribution in [3.05, 3.63) is 45.5 Å². The van der Waals surface area contributed by atoms with Crippen LogP contribution < -0.4 is 0 Å². The highest BCUT2D eigenvalue weighted by Crippen LogP contribution is 2.25. The lowest BCUT2D eigenvalue weighted by molar-refractivity contribution is -0.384. The normalized spacial score (nSPS) is 19.0. The van der Waals surface area contributed by atoms with Gasteiger partial charge in [0.05, 0.1) is 16.0 Å². The van der Waals surface area contributed by atoms with E-state index >= 15 is 0 Å². The van der Waals surface area contributed by atoms with Crippen LogP contribution in [0.25, 0.3) is 6.08 Å². The Balaban J connectivity index is 1.95. The van der Waals surface area contributed by atoms with Crippen LogP contribution in [0.4, 0.5) is 5.69 Å². The predicted molar refractivity (Wildman–Crippen MR) is 79.2 cm³/mol. The maximum absolute atomic E-state index is 11.9. The molecule has 0 saturated heterocycles. The van der Waals surface area contributed by atoms with Crippen LogP contribution in [0.2, 0.25) is 0 Å². The lowest BCUT2D eigenvalue weighted by atomic mass is 10.1. The number of carbonyl (C=O) groups is 1. The maximum atomic E-state index is 11.9. The van der Waals surface area contributed by atoms with E-state index in [4.69, 9.17) is 5.41 Å². The smallest absolute Gasteiger partial charge is 0.282 e. The number of carbonyl (C=O) groups excluding carboxylic acids is 1. The van der Waals surface area contributed by atoms with Crippen molar-refractivity contribution in [2.45, 2.75) is 0 Å². The highest BCUT2D eigenvalue weighted by molar-refractivity contribution is 8.25. The number of hydrogen-bond acceptors (Lipinski definition) is 6. The lowest BCUT2D eigenvalue weighted by Gasteiger charge is -2.20. The van der Waals surface area contributed by atoms with Gasteiger partial charge in [-0.25, -0.2) is 0 Å². The first kappa shape index (κ1) is 13.2. The zero-order valence-corrected chi connectivity index (χ0v) is 11.2. The van der Waals surface area contributed by atoms with Crippen molar-refractivity contribution >= 4 is 46.0 Å². The molecule has 0 spiro atoms. The number of hydrogen-bond donors (Lipinski definition) is 1. The Hall–Kier alpha value is -2.81. The number of rotatable bonds is 2. The summed E-state index contributed by atoms with van der Waals surface area (Å²) in [7, 11) is 0. The molecule has 2 aliphatic heterocycles. The Labute approximate surface area is 122 Å². The van der Waals surface area contributed by atoms with Gasteiger partial charge in [-0.15, -0.1) is 0 Å². The summed E-state index contributed by atoms with van der Waals surface area (Å²) in [5.74, 6) is -0.591. The van der Waals surface area contributed by atoms with Crippen LogP contribution in [0.5, 0.6) is 0 Å². The molecule has 104 valence electrons. The van der Waals surface area contributed by atoms with Gasteiger partial charge in [0, 0.05) is 12.1 Å². The number of nitrogens with zero attached hydrogens (tertiary/aromatic N) is 4. The molecule has 1 aromatic carbocycles. The van der Waals surface area contributed by atoms with Crippen molar-refractivity contribution in [3.63, 3.8) is 0 Å². The van der Waals surface area contributed by atoms with Crippen molar-refractivity contribution in [2.75, 3.05) is 0 Å². The minimum atomic E-state index is -0.525. The van der Waals surface area contributed by atoms with E-state index in [-0.39, 0.29) is 17.1 Å². The molecular weight excluding hydrogens is 294 g/mol. The summed E-state index contributed by atoms with van der Waals surface area (Å²) in [6, 6.07) is 5.68. The highest BCUT2D eigenvalue weighted by atomic mass is 32.2. The number of nitrogens with one attached hydrogen (secondary N) is 1. The maximum Gasteiger partial charge on any atom is 0.283 e. The van der Waals surface area contributed by atoms with Crippen molar-refractivity contribution in [1.29, 1.82) is 5.41 Å². The number of amidine groups is 2. The Kier molecular flexibility index (Phi) is 3.10. The zero-order valence-electron chi connectivity index (χ0n) is 10.4. The Bertz CT molecular complexity index is 751. The topological polar surface area (TPSA) is 112 Å². The molecule has 21 heavy (non-hydrogen) atoms. The van der Waals surface area contributed by atoms with E-state index in [1.807, 2.05) is 0 Å². The van der Waals surface area contributed by atoms with E-state index in [2.05, 4.69) is 10.1 Å². The van der Waals surface area contributed by atoms with E-state index in [0.717, 1.165) is 0 Å². The minimum Gasteiger partial charge on any atom is -0.282 e. The van der Waals surface area contributed by atoms with E-state index in [1.165, 1.54) is 52.7 Å². The molecule has 1 N–H and O–H groups in total. The molecule has 0 fully saturated rings. The van der Waals surface area contributed by atoms with Crippen molar-refractivity contribution < 1.29 is 9.72 Å². The highest BCUT2D eigenvalue weighted by Gasteiger charge is 2.32. The lowest BCUT2D eigenvalue weighted by Crippen LogP contribution is -2.35. The molecule has 9 heteroatoms.